The Kier molecular flexibility index (Phi) is 6.78. The van der Waals surface area contributed by atoms with Crippen LogP contribution < -0.4 is 0 Å². The zero-order chi connectivity index (χ0) is 22.6. The number of hydrogen-bond donors (Lipinski definition) is 1. The highest BCUT2D eigenvalue weighted by Crippen LogP contribution is 2.66. The number of aliphatic hydroxyl groups is 1. The van der Waals surface area contributed by atoms with E-state index in [0.29, 0.717) is 22.7 Å². The molecule has 0 aromatic carbocycles. The Balaban J connectivity index is 1.52. The Hall–Kier alpha value is -0.300. The quantitative estimate of drug-likeness (QED) is 0.421. The van der Waals surface area contributed by atoms with E-state index in [-0.39, 0.29) is 6.10 Å². The molecule has 0 saturated heterocycles. The Morgan fingerprint density at radius 1 is 0.968 bits per heavy atom. The molecule has 1 nitrogen and oxygen atoms in total. The van der Waals surface area contributed by atoms with E-state index < -0.39 is 0 Å². The molecule has 4 aliphatic carbocycles. The first-order valence-electron chi connectivity index (χ1n) is 14.0. The molecule has 0 aliphatic heterocycles. The first-order chi connectivity index (χ1) is 14.6. The molecule has 4 rings (SSSR count). The SMILES string of the molecule is CCC(CC[C@@H](C)[C@H]1CC[C@H]2C3=C(CC[C@]12C)[C@@]1(C)CC[C@H](O)[C@@H](C)[C@@H]1CC3)C(C)C. The van der Waals surface area contributed by atoms with Gasteiger partial charge in [0.2, 0.25) is 0 Å². The number of aliphatic hydroxyl groups excluding tert-OH is 1. The van der Waals surface area contributed by atoms with E-state index in [4.69, 9.17) is 0 Å². The summed E-state index contributed by atoms with van der Waals surface area (Å²) in [7, 11) is 0. The molecule has 2 saturated carbocycles. The predicted molar refractivity (Wildman–Crippen MR) is 133 cm³/mol. The van der Waals surface area contributed by atoms with Gasteiger partial charge in [-0.1, -0.05) is 72.5 Å². The van der Waals surface area contributed by atoms with Crippen LogP contribution in [-0.2, 0) is 0 Å². The van der Waals surface area contributed by atoms with Gasteiger partial charge in [0.05, 0.1) is 6.10 Å². The molecule has 178 valence electrons. The van der Waals surface area contributed by atoms with Crippen LogP contribution in [0.25, 0.3) is 0 Å². The lowest BCUT2D eigenvalue weighted by atomic mass is 9.49. The summed E-state index contributed by atoms with van der Waals surface area (Å²) in [5.41, 5.74) is 4.72. The maximum Gasteiger partial charge on any atom is 0.0569 e. The number of hydrogen-bond acceptors (Lipinski definition) is 1. The standard InChI is InChI=1S/C30H52O/c1-8-22(19(2)3)10-9-20(4)24-13-14-26-23-11-12-25-21(5)28(31)16-18-30(25,7)27(23)15-17-29(24,26)6/h19-22,24-26,28,31H,8-18H2,1-7H3/t20-,21+,22?,24-,25+,26+,28+,29-,30+/m1/s1. The number of fused-ring (bicyclic) bond motifs is 4. The van der Waals surface area contributed by atoms with Crippen molar-refractivity contribution in [3.05, 3.63) is 11.1 Å². The fourth-order valence-electron chi connectivity index (χ4n) is 9.57. The van der Waals surface area contributed by atoms with Crippen LogP contribution >= 0.6 is 0 Å². The van der Waals surface area contributed by atoms with Crippen LogP contribution in [0.1, 0.15) is 119 Å². The maximum absolute atomic E-state index is 10.5. The van der Waals surface area contributed by atoms with E-state index in [1.807, 2.05) is 11.1 Å². The van der Waals surface area contributed by atoms with Gasteiger partial charge in [0.25, 0.3) is 0 Å². The normalized spacial score (nSPS) is 44.6. The third kappa shape index (κ3) is 3.87. The molecule has 1 heteroatoms. The molecule has 1 N–H and O–H groups in total. The van der Waals surface area contributed by atoms with E-state index in [0.717, 1.165) is 36.0 Å². The van der Waals surface area contributed by atoms with Crippen molar-refractivity contribution in [2.75, 3.05) is 0 Å². The second-order valence-corrected chi connectivity index (χ2v) is 13.2. The smallest absolute Gasteiger partial charge is 0.0569 e. The van der Waals surface area contributed by atoms with Crippen molar-refractivity contribution in [1.82, 2.24) is 0 Å². The van der Waals surface area contributed by atoms with Gasteiger partial charge in [-0.25, -0.2) is 0 Å². The van der Waals surface area contributed by atoms with Crippen LogP contribution in [0.15, 0.2) is 11.1 Å². The largest absolute Gasteiger partial charge is 0.393 e. The molecule has 0 radical (unpaired) electrons. The molecule has 0 spiro atoms. The van der Waals surface area contributed by atoms with Gasteiger partial charge in [0.15, 0.2) is 0 Å². The van der Waals surface area contributed by atoms with Gasteiger partial charge in [-0.3, -0.25) is 0 Å². The van der Waals surface area contributed by atoms with E-state index in [9.17, 15) is 5.11 Å². The third-order valence-electron chi connectivity index (χ3n) is 11.7. The predicted octanol–water partition coefficient (Wildman–Crippen LogP) is 8.41. The van der Waals surface area contributed by atoms with Gasteiger partial charge in [-0.05, 0) is 110 Å². The summed E-state index contributed by atoms with van der Waals surface area (Å²) >= 11 is 0. The third-order valence-corrected chi connectivity index (χ3v) is 11.7. The molecule has 9 atom stereocenters. The van der Waals surface area contributed by atoms with Crippen LogP contribution in [-0.4, -0.2) is 11.2 Å². The molecule has 0 aromatic heterocycles. The second kappa shape index (κ2) is 8.81. The van der Waals surface area contributed by atoms with Gasteiger partial charge in [0, 0.05) is 0 Å². The summed E-state index contributed by atoms with van der Waals surface area (Å²) in [5.74, 6) is 5.58. The van der Waals surface area contributed by atoms with Crippen molar-refractivity contribution in [3.63, 3.8) is 0 Å². The lowest BCUT2D eigenvalue weighted by Crippen LogP contribution is -2.49. The molecular weight excluding hydrogens is 376 g/mol. The molecule has 1 unspecified atom stereocenters. The zero-order valence-electron chi connectivity index (χ0n) is 21.8. The van der Waals surface area contributed by atoms with Gasteiger partial charge >= 0.3 is 0 Å². The summed E-state index contributed by atoms with van der Waals surface area (Å²) in [5, 5.41) is 10.5. The summed E-state index contributed by atoms with van der Waals surface area (Å²) in [6.45, 7) is 17.4. The second-order valence-electron chi connectivity index (χ2n) is 13.2. The zero-order valence-corrected chi connectivity index (χ0v) is 21.8. The van der Waals surface area contributed by atoms with Crippen molar-refractivity contribution < 1.29 is 5.11 Å². The first-order valence-corrected chi connectivity index (χ1v) is 14.0. The van der Waals surface area contributed by atoms with Crippen molar-refractivity contribution in [2.45, 2.75) is 125 Å². The Morgan fingerprint density at radius 3 is 2.39 bits per heavy atom. The molecular formula is C30H52O. The Bertz CT molecular complexity index is 676. The minimum Gasteiger partial charge on any atom is -0.393 e. The van der Waals surface area contributed by atoms with E-state index in [2.05, 4.69) is 48.5 Å². The first kappa shape index (κ1) is 23.8. The lowest BCUT2D eigenvalue weighted by Gasteiger charge is -2.56. The molecule has 31 heavy (non-hydrogen) atoms. The van der Waals surface area contributed by atoms with Crippen molar-refractivity contribution in [3.8, 4) is 0 Å². The fraction of sp³-hybridized carbons (Fsp3) is 0.933. The van der Waals surface area contributed by atoms with Crippen LogP contribution in [0.2, 0.25) is 0 Å². The Morgan fingerprint density at radius 2 is 1.71 bits per heavy atom. The highest BCUT2D eigenvalue weighted by molar-refractivity contribution is 5.34. The van der Waals surface area contributed by atoms with Crippen LogP contribution in [0.3, 0.4) is 0 Å². The highest BCUT2D eigenvalue weighted by atomic mass is 16.3. The van der Waals surface area contributed by atoms with Crippen molar-refractivity contribution >= 4 is 0 Å². The minimum absolute atomic E-state index is 0.0661. The molecule has 0 bridgehead atoms. The lowest BCUT2D eigenvalue weighted by molar-refractivity contribution is -0.0336. The minimum atomic E-state index is -0.0661. The van der Waals surface area contributed by atoms with Crippen LogP contribution in [0, 0.1) is 52.3 Å². The summed E-state index contributed by atoms with van der Waals surface area (Å²) in [4.78, 5) is 0. The molecule has 0 heterocycles. The monoisotopic (exact) mass is 428 g/mol. The highest BCUT2D eigenvalue weighted by Gasteiger charge is 2.56. The van der Waals surface area contributed by atoms with Gasteiger partial charge in [-0.2, -0.15) is 0 Å². The molecule has 0 amide bonds. The van der Waals surface area contributed by atoms with E-state index in [1.165, 1.54) is 64.2 Å². The van der Waals surface area contributed by atoms with Gasteiger partial charge < -0.3 is 5.11 Å². The molecule has 0 aromatic rings. The van der Waals surface area contributed by atoms with Gasteiger partial charge in [-0.15, -0.1) is 0 Å². The summed E-state index contributed by atoms with van der Waals surface area (Å²) in [6, 6.07) is 0. The average molecular weight is 429 g/mol. The van der Waals surface area contributed by atoms with E-state index >= 15 is 0 Å². The summed E-state index contributed by atoms with van der Waals surface area (Å²) < 4.78 is 0. The summed E-state index contributed by atoms with van der Waals surface area (Å²) in [6.07, 6.45) is 14.7. The van der Waals surface area contributed by atoms with Crippen molar-refractivity contribution in [2.24, 2.45) is 52.3 Å². The molecule has 4 aliphatic rings. The average Bonchev–Trinajstić information content (AvgIpc) is 3.08. The van der Waals surface area contributed by atoms with Crippen LogP contribution in [0.4, 0.5) is 0 Å². The fourth-order valence-corrected chi connectivity index (χ4v) is 9.57. The topological polar surface area (TPSA) is 20.2 Å². The van der Waals surface area contributed by atoms with Gasteiger partial charge in [0.1, 0.15) is 0 Å². The molecule has 2 fully saturated rings. The maximum atomic E-state index is 10.5. The van der Waals surface area contributed by atoms with Crippen LogP contribution in [0.5, 0.6) is 0 Å². The van der Waals surface area contributed by atoms with E-state index in [1.54, 1.807) is 0 Å². The Labute approximate surface area is 193 Å². The number of allylic oxidation sites excluding steroid dienone is 2. The number of rotatable bonds is 6. The van der Waals surface area contributed by atoms with Crippen molar-refractivity contribution in [1.29, 1.82) is 0 Å².